The van der Waals surface area contributed by atoms with E-state index in [1.165, 1.54) is 0 Å². The molecule has 3 aromatic rings. The van der Waals surface area contributed by atoms with E-state index in [1.807, 2.05) is 61.5 Å². The molecule has 0 saturated heterocycles. The maximum atomic E-state index is 12.8. The summed E-state index contributed by atoms with van der Waals surface area (Å²) in [7, 11) is 1.64. The van der Waals surface area contributed by atoms with E-state index < -0.39 is 0 Å². The summed E-state index contributed by atoms with van der Waals surface area (Å²) in [6.07, 6.45) is 0. The van der Waals surface area contributed by atoms with Gasteiger partial charge in [0, 0.05) is 12.1 Å². The quantitative estimate of drug-likeness (QED) is 0.713. The second-order valence-corrected chi connectivity index (χ2v) is 7.00. The Morgan fingerprint density at radius 3 is 2.52 bits per heavy atom. The molecule has 1 N–H and O–H groups in total. The van der Waals surface area contributed by atoms with Crippen LogP contribution in [0.15, 0.2) is 54.6 Å². The summed E-state index contributed by atoms with van der Waals surface area (Å²) in [4.78, 5) is 12.8. The Bertz CT molecular complexity index is 927. The number of benzene rings is 2. The first-order chi connectivity index (χ1) is 13.0. The fraction of sp³-hybridized carbons (Fsp3) is 0.273. The van der Waals surface area contributed by atoms with Crippen LogP contribution in [0.2, 0.25) is 0 Å². The molecule has 0 atom stereocenters. The lowest BCUT2D eigenvalue weighted by Crippen LogP contribution is -2.29. The normalized spacial score (nSPS) is 10.9. The van der Waals surface area contributed by atoms with Crippen molar-refractivity contribution in [1.29, 1.82) is 0 Å². The Kier molecular flexibility index (Phi) is 5.60. The smallest absolute Gasteiger partial charge is 0.270 e. The summed E-state index contributed by atoms with van der Waals surface area (Å²) >= 11 is 0. The number of hydrogen-bond donors (Lipinski definition) is 1. The minimum Gasteiger partial charge on any atom is -0.497 e. The van der Waals surface area contributed by atoms with Crippen molar-refractivity contribution >= 4 is 5.91 Å². The van der Waals surface area contributed by atoms with Gasteiger partial charge in [-0.3, -0.25) is 4.79 Å². The molecule has 0 saturated carbocycles. The van der Waals surface area contributed by atoms with E-state index >= 15 is 0 Å². The zero-order valence-corrected chi connectivity index (χ0v) is 16.2. The van der Waals surface area contributed by atoms with Gasteiger partial charge in [-0.1, -0.05) is 26.0 Å². The van der Waals surface area contributed by atoms with E-state index in [0.717, 1.165) is 28.3 Å². The minimum absolute atomic E-state index is 0.127. The average Bonchev–Trinajstić information content (AvgIpc) is 3.11. The molecule has 5 heteroatoms. The number of nitrogens with one attached hydrogen (secondary N) is 1. The lowest BCUT2D eigenvalue weighted by Gasteiger charge is -2.10. The number of aryl methyl sites for hydroxylation is 1. The number of ether oxygens (including phenoxy) is 1. The molecule has 0 aliphatic carbocycles. The van der Waals surface area contributed by atoms with E-state index in [0.29, 0.717) is 18.2 Å². The van der Waals surface area contributed by atoms with Gasteiger partial charge in [-0.2, -0.15) is 5.10 Å². The van der Waals surface area contributed by atoms with Crippen LogP contribution in [0.3, 0.4) is 0 Å². The molecule has 3 rings (SSSR count). The number of aromatic nitrogens is 2. The molecular weight excluding hydrogens is 338 g/mol. The number of rotatable bonds is 6. The molecule has 1 amide bonds. The van der Waals surface area contributed by atoms with Crippen LogP contribution in [0.25, 0.3) is 16.9 Å². The lowest BCUT2D eigenvalue weighted by molar-refractivity contribution is 0.0941. The number of carbonyl (C=O) groups is 1. The van der Waals surface area contributed by atoms with Gasteiger partial charge in [0.05, 0.1) is 18.5 Å². The predicted molar refractivity (Wildman–Crippen MR) is 107 cm³/mol. The molecular formula is C22H25N3O2. The van der Waals surface area contributed by atoms with Gasteiger partial charge in [0.25, 0.3) is 5.91 Å². The van der Waals surface area contributed by atoms with Gasteiger partial charge in [-0.15, -0.1) is 0 Å². The van der Waals surface area contributed by atoms with Crippen LogP contribution < -0.4 is 10.1 Å². The monoisotopic (exact) mass is 363 g/mol. The molecule has 0 radical (unpaired) electrons. The van der Waals surface area contributed by atoms with E-state index in [-0.39, 0.29) is 5.91 Å². The summed E-state index contributed by atoms with van der Waals surface area (Å²) in [6.45, 7) is 6.79. The number of nitrogens with zero attached hydrogens (tertiary/aromatic N) is 2. The highest BCUT2D eigenvalue weighted by molar-refractivity contribution is 5.94. The number of methoxy groups -OCH3 is 1. The van der Waals surface area contributed by atoms with Gasteiger partial charge in [-0.05, 0) is 60.9 Å². The van der Waals surface area contributed by atoms with Crippen molar-refractivity contribution in [3.8, 4) is 22.7 Å². The topological polar surface area (TPSA) is 56.1 Å². The van der Waals surface area contributed by atoms with Crippen LogP contribution in [0.1, 0.15) is 29.9 Å². The van der Waals surface area contributed by atoms with E-state index in [9.17, 15) is 4.79 Å². The van der Waals surface area contributed by atoms with Gasteiger partial charge in [-0.25, -0.2) is 4.68 Å². The Morgan fingerprint density at radius 2 is 1.89 bits per heavy atom. The van der Waals surface area contributed by atoms with Gasteiger partial charge < -0.3 is 10.1 Å². The molecule has 140 valence electrons. The summed E-state index contributed by atoms with van der Waals surface area (Å²) in [5.74, 6) is 1.04. The van der Waals surface area contributed by atoms with Crippen molar-refractivity contribution in [2.75, 3.05) is 13.7 Å². The third-order valence-corrected chi connectivity index (χ3v) is 4.24. The Hall–Kier alpha value is -3.08. The van der Waals surface area contributed by atoms with Gasteiger partial charge in [0.2, 0.25) is 0 Å². The summed E-state index contributed by atoms with van der Waals surface area (Å²) < 4.78 is 6.93. The second kappa shape index (κ2) is 8.08. The fourth-order valence-corrected chi connectivity index (χ4v) is 2.79. The molecule has 0 unspecified atom stereocenters. The van der Waals surface area contributed by atoms with Crippen LogP contribution in [0, 0.1) is 12.8 Å². The molecule has 0 aliphatic heterocycles. The first-order valence-electron chi connectivity index (χ1n) is 9.07. The van der Waals surface area contributed by atoms with Crippen molar-refractivity contribution in [2.45, 2.75) is 20.8 Å². The molecule has 2 aromatic carbocycles. The summed E-state index contributed by atoms with van der Waals surface area (Å²) in [6, 6.07) is 17.5. The largest absolute Gasteiger partial charge is 0.497 e. The maximum absolute atomic E-state index is 12.8. The summed E-state index contributed by atoms with van der Waals surface area (Å²) in [5.41, 5.74) is 4.17. The van der Waals surface area contributed by atoms with Gasteiger partial charge in [0.15, 0.2) is 0 Å². The zero-order chi connectivity index (χ0) is 19.4. The van der Waals surface area contributed by atoms with Crippen molar-refractivity contribution in [3.05, 3.63) is 65.9 Å². The van der Waals surface area contributed by atoms with E-state index in [2.05, 4.69) is 19.2 Å². The molecule has 1 aromatic heterocycles. The standard InChI is InChI=1S/C22H25N3O2/c1-15(2)14-23-22(26)21-13-20(17-8-10-19(27-4)11-9-17)24-25(21)18-7-5-6-16(3)12-18/h5-13,15H,14H2,1-4H3,(H,23,26). The Labute approximate surface area is 160 Å². The predicted octanol–water partition coefficient (Wildman–Crippen LogP) is 4.24. The lowest BCUT2D eigenvalue weighted by atomic mass is 10.1. The molecule has 27 heavy (non-hydrogen) atoms. The van der Waals surface area contributed by atoms with Crippen LogP contribution in [-0.2, 0) is 0 Å². The highest BCUT2D eigenvalue weighted by Gasteiger charge is 2.18. The minimum atomic E-state index is -0.127. The highest BCUT2D eigenvalue weighted by Crippen LogP contribution is 2.24. The van der Waals surface area contributed by atoms with Crippen molar-refractivity contribution in [1.82, 2.24) is 15.1 Å². The van der Waals surface area contributed by atoms with Crippen molar-refractivity contribution < 1.29 is 9.53 Å². The number of amides is 1. The van der Waals surface area contributed by atoms with Crippen LogP contribution in [0.5, 0.6) is 5.75 Å². The van der Waals surface area contributed by atoms with Gasteiger partial charge in [0.1, 0.15) is 11.4 Å². The molecule has 1 heterocycles. The number of carbonyl (C=O) groups excluding carboxylic acids is 1. The molecule has 0 bridgehead atoms. The molecule has 0 aliphatic rings. The Morgan fingerprint density at radius 1 is 1.15 bits per heavy atom. The Balaban J connectivity index is 2.03. The third kappa shape index (κ3) is 4.37. The third-order valence-electron chi connectivity index (χ3n) is 4.24. The van der Waals surface area contributed by atoms with Crippen LogP contribution >= 0.6 is 0 Å². The van der Waals surface area contributed by atoms with E-state index in [1.54, 1.807) is 11.8 Å². The van der Waals surface area contributed by atoms with E-state index in [4.69, 9.17) is 9.84 Å². The SMILES string of the molecule is COc1ccc(-c2cc(C(=O)NCC(C)C)n(-c3cccc(C)c3)n2)cc1. The van der Waals surface area contributed by atoms with Crippen molar-refractivity contribution in [3.63, 3.8) is 0 Å². The number of hydrogen-bond acceptors (Lipinski definition) is 3. The van der Waals surface area contributed by atoms with Crippen LogP contribution in [-0.4, -0.2) is 29.3 Å². The first-order valence-corrected chi connectivity index (χ1v) is 9.07. The summed E-state index contributed by atoms with van der Waals surface area (Å²) in [5, 5.41) is 7.70. The van der Waals surface area contributed by atoms with Gasteiger partial charge >= 0.3 is 0 Å². The maximum Gasteiger partial charge on any atom is 0.270 e. The zero-order valence-electron chi connectivity index (χ0n) is 16.2. The molecule has 5 nitrogen and oxygen atoms in total. The first kappa shape index (κ1) is 18.7. The molecule has 0 fully saturated rings. The second-order valence-electron chi connectivity index (χ2n) is 7.00. The fourth-order valence-electron chi connectivity index (χ4n) is 2.79. The average molecular weight is 363 g/mol. The van der Waals surface area contributed by atoms with Crippen LogP contribution in [0.4, 0.5) is 0 Å². The highest BCUT2D eigenvalue weighted by atomic mass is 16.5. The molecule has 0 spiro atoms. The van der Waals surface area contributed by atoms with Crippen molar-refractivity contribution in [2.24, 2.45) is 5.92 Å².